The van der Waals surface area contributed by atoms with Crippen molar-refractivity contribution < 1.29 is 4.79 Å². The van der Waals surface area contributed by atoms with Gasteiger partial charge in [0, 0.05) is 28.8 Å². The Bertz CT molecular complexity index is 693. The lowest BCUT2D eigenvalue weighted by Gasteiger charge is -2.19. The van der Waals surface area contributed by atoms with Gasteiger partial charge in [-0.05, 0) is 31.0 Å². The maximum atomic E-state index is 12.5. The Kier molecular flexibility index (Phi) is 5.53. The van der Waals surface area contributed by atoms with Gasteiger partial charge in [0.25, 0.3) is 5.91 Å². The van der Waals surface area contributed by atoms with Crippen molar-refractivity contribution in [2.75, 3.05) is 18.4 Å². The number of benzene rings is 1. The quantitative estimate of drug-likeness (QED) is 0.867. The first-order valence-electron chi connectivity index (χ1n) is 7.96. The van der Waals surface area contributed by atoms with Gasteiger partial charge in [0.15, 0.2) is 0 Å². The number of hydrogen-bond acceptors (Lipinski definition) is 4. The standard InChI is InChI=1S/C17H18Cl2N4O/c18-12-7-13(19)9-14(8-12)22-16-11-20-15(10-21-16)17(24)23-5-3-1-2-4-6-23/h7-11H,1-6H2,(H,21,22). The van der Waals surface area contributed by atoms with Gasteiger partial charge in [-0.2, -0.15) is 0 Å². The third kappa shape index (κ3) is 4.36. The van der Waals surface area contributed by atoms with E-state index in [1.807, 2.05) is 4.90 Å². The maximum absolute atomic E-state index is 12.5. The molecule has 1 aromatic carbocycles. The first-order valence-corrected chi connectivity index (χ1v) is 8.72. The lowest BCUT2D eigenvalue weighted by molar-refractivity contribution is 0.0755. The zero-order chi connectivity index (χ0) is 16.9. The van der Waals surface area contributed by atoms with Gasteiger partial charge in [0.05, 0.1) is 12.4 Å². The van der Waals surface area contributed by atoms with Crippen molar-refractivity contribution in [1.29, 1.82) is 0 Å². The number of anilines is 2. The van der Waals surface area contributed by atoms with Crippen molar-refractivity contribution in [3.8, 4) is 0 Å². The van der Waals surface area contributed by atoms with Crippen LogP contribution in [0.4, 0.5) is 11.5 Å². The van der Waals surface area contributed by atoms with Crippen LogP contribution in [0.1, 0.15) is 36.2 Å². The molecule has 1 aliphatic rings. The van der Waals surface area contributed by atoms with Gasteiger partial charge >= 0.3 is 0 Å². The Labute approximate surface area is 151 Å². The van der Waals surface area contributed by atoms with E-state index in [0.717, 1.165) is 25.9 Å². The van der Waals surface area contributed by atoms with Gasteiger partial charge in [-0.1, -0.05) is 36.0 Å². The molecular weight excluding hydrogens is 347 g/mol. The summed E-state index contributed by atoms with van der Waals surface area (Å²) in [5, 5.41) is 4.14. The first-order chi connectivity index (χ1) is 11.6. The summed E-state index contributed by atoms with van der Waals surface area (Å²) < 4.78 is 0. The van der Waals surface area contributed by atoms with Crippen LogP contribution < -0.4 is 5.32 Å². The second-order valence-electron chi connectivity index (χ2n) is 5.78. The fourth-order valence-corrected chi connectivity index (χ4v) is 3.24. The number of amides is 1. The number of carbonyl (C=O) groups is 1. The number of halogens is 2. The molecule has 0 saturated carbocycles. The first kappa shape index (κ1) is 17.0. The summed E-state index contributed by atoms with van der Waals surface area (Å²) in [6.07, 6.45) is 7.51. The molecule has 0 aliphatic carbocycles. The highest BCUT2D eigenvalue weighted by molar-refractivity contribution is 6.35. The number of rotatable bonds is 3. The van der Waals surface area contributed by atoms with Gasteiger partial charge in [0.2, 0.25) is 0 Å². The van der Waals surface area contributed by atoms with Crippen LogP contribution >= 0.6 is 23.2 Å². The van der Waals surface area contributed by atoms with Crippen molar-refractivity contribution in [3.63, 3.8) is 0 Å². The fraction of sp³-hybridized carbons (Fsp3) is 0.353. The van der Waals surface area contributed by atoms with E-state index in [2.05, 4.69) is 15.3 Å². The molecule has 1 fully saturated rings. The molecule has 5 nitrogen and oxygen atoms in total. The Morgan fingerprint density at radius 3 is 2.21 bits per heavy atom. The van der Waals surface area contributed by atoms with Crippen LogP contribution in [0.3, 0.4) is 0 Å². The van der Waals surface area contributed by atoms with Crippen molar-refractivity contribution in [3.05, 3.63) is 46.3 Å². The zero-order valence-corrected chi connectivity index (χ0v) is 14.6. The molecule has 2 aromatic rings. The van der Waals surface area contributed by atoms with Gasteiger partial charge in [-0.3, -0.25) is 4.79 Å². The topological polar surface area (TPSA) is 58.1 Å². The monoisotopic (exact) mass is 364 g/mol. The molecule has 1 saturated heterocycles. The number of hydrogen-bond donors (Lipinski definition) is 1. The maximum Gasteiger partial charge on any atom is 0.274 e. The van der Waals surface area contributed by atoms with Gasteiger partial charge < -0.3 is 10.2 Å². The van der Waals surface area contributed by atoms with E-state index in [9.17, 15) is 4.79 Å². The molecular formula is C17H18Cl2N4O. The molecule has 0 unspecified atom stereocenters. The van der Waals surface area contributed by atoms with Gasteiger partial charge in [-0.15, -0.1) is 0 Å². The average molecular weight is 365 g/mol. The highest BCUT2D eigenvalue weighted by Gasteiger charge is 2.18. The molecule has 1 amide bonds. The predicted octanol–water partition coefficient (Wildman–Crippen LogP) is 4.54. The summed E-state index contributed by atoms with van der Waals surface area (Å²) in [5.41, 5.74) is 1.08. The highest BCUT2D eigenvalue weighted by atomic mass is 35.5. The lowest BCUT2D eigenvalue weighted by atomic mass is 10.2. The number of nitrogens with zero attached hydrogens (tertiary/aromatic N) is 3. The van der Waals surface area contributed by atoms with E-state index in [1.54, 1.807) is 24.4 Å². The van der Waals surface area contributed by atoms with Crippen LogP contribution in [-0.2, 0) is 0 Å². The number of nitrogens with one attached hydrogen (secondary N) is 1. The smallest absolute Gasteiger partial charge is 0.274 e. The Hall–Kier alpha value is -1.85. The number of aromatic nitrogens is 2. The van der Waals surface area contributed by atoms with Crippen LogP contribution in [0.5, 0.6) is 0 Å². The van der Waals surface area contributed by atoms with Crippen LogP contribution in [0.15, 0.2) is 30.6 Å². The van der Waals surface area contributed by atoms with Crippen molar-refractivity contribution in [2.45, 2.75) is 25.7 Å². The molecule has 24 heavy (non-hydrogen) atoms. The van der Waals surface area contributed by atoms with E-state index < -0.39 is 0 Å². The zero-order valence-electron chi connectivity index (χ0n) is 13.1. The van der Waals surface area contributed by atoms with Crippen LogP contribution in [0.25, 0.3) is 0 Å². The van der Waals surface area contributed by atoms with E-state index >= 15 is 0 Å². The summed E-state index contributed by atoms with van der Waals surface area (Å²) in [6, 6.07) is 5.14. The molecule has 1 aliphatic heterocycles. The minimum atomic E-state index is -0.0539. The lowest BCUT2D eigenvalue weighted by Crippen LogP contribution is -2.32. The molecule has 0 spiro atoms. The molecule has 7 heteroatoms. The molecule has 1 N–H and O–H groups in total. The van der Waals surface area contributed by atoms with Crippen LogP contribution in [0.2, 0.25) is 10.0 Å². The molecule has 3 rings (SSSR count). The average Bonchev–Trinajstić information content (AvgIpc) is 2.83. The third-order valence-electron chi connectivity index (χ3n) is 3.90. The van der Waals surface area contributed by atoms with Crippen molar-refractivity contribution in [1.82, 2.24) is 14.9 Å². The molecule has 0 radical (unpaired) electrons. The molecule has 0 bridgehead atoms. The second-order valence-corrected chi connectivity index (χ2v) is 6.65. The highest BCUT2D eigenvalue weighted by Crippen LogP contribution is 2.24. The summed E-state index contributed by atoms with van der Waals surface area (Å²) in [7, 11) is 0. The van der Waals surface area contributed by atoms with Crippen molar-refractivity contribution in [2.24, 2.45) is 0 Å². The Balaban J connectivity index is 1.69. The van der Waals surface area contributed by atoms with E-state index in [1.165, 1.54) is 19.0 Å². The SMILES string of the molecule is O=C(c1cnc(Nc2cc(Cl)cc(Cl)c2)cn1)N1CCCCCC1. The summed E-state index contributed by atoms with van der Waals surface area (Å²) in [4.78, 5) is 22.9. The predicted molar refractivity (Wildman–Crippen MR) is 96.1 cm³/mol. The van der Waals surface area contributed by atoms with E-state index in [0.29, 0.717) is 27.2 Å². The molecule has 2 heterocycles. The molecule has 126 valence electrons. The fourth-order valence-electron chi connectivity index (χ4n) is 2.71. The molecule has 1 aromatic heterocycles. The third-order valence-corrected chi connectivity index (χ3v) is 4.34. The van der Waals surface area contributed by atoms with Gasteiger partial charge in [0.1, 0.15) is 11.5 Å². The minimum absolute atomic E-state index is 0.0539. The Morgan fingerprint density at radius 1 is 0.958 bits per heavy atom. The van der Waals surface area contributed by atoms with E-state index in [4.69, 9.17) is 23.2 Å². The largest absolute Gasteiger partial charge is 0.339 e. The van der Waals surface area contributed by atoms with Gasteiger partial charge in [-0.25, -0.2) is 9.97 Å². The Morgan fingerprint density at radius 2 is 1.62 bits per heavy atom. The summed E-state index contributed by atoms with van der Waals surface area (Å²) in [5.74, 6) is 0.475. The van der Waals surface area contributed by atoms with Crippen LogP contribution in [0, 0.1) is 0 Å². The molecule has 0 atom stereocenters. The normalized spacial score (nSPS) is 15.0. The minimum Gasteiger partial charge on any atom is -0.339 e. The number of carbonyl (C=O) groups excluding carboxylic acids is 1. The second kappa shape index (κ2) is 7.81. The van der Waals surface area contributed by atoms with Crippen LogP contribution in [-0.4, -0.2) is 33.9 Å². The summed E-state index contributed by atoms with van der Waals surface area (Å²) >= 11 is 11.9. The summed E-state index contributed by atoms with van der Waals surface area (Å²) in [6.45, 7) is 1.59. The van der Waals surface area contributed by atoms with E-state index in [-0.39, 0.29) is 5.91 Å². The number of likely N-dealkylation sites (tertiary alicyclic amines) is 1. The van der Waals surface area contributed by atoms with Crippen molar-refractivity contribution >= 4 is 40.6 Å².